The summed E-state index contributed by atoms with van der Waals surface area (Å²) in [5.74, 6) is -10.7. The fraction of sp³-hybridized carbons (Fsp3) is 0.508. The number of rotatable bonds is 37. The van der Waals surface area contributed by atoms with Crippen molar-refractivity contribution in [2.75, 3.05) is 25.1 Å². The van der Waals surface area contributed by atoms with E-state index in [-0.39, 0.29) is 126 Å². The number of carbonyl (C=O) groups excluding carboxylic acids is 5. The number of amides is 5. The number of benzene rings is 3. The van der Waals surface area contributed by atoms with Gasteiger partial charge < -0.3 is 91.3 Å². The van der Waals surface area contributed by atoms with Gasteiger partial charge in [0, 0.05) is 46.8 Å². The van der Waals surface area contributed by atoms with Gasteiger partial charge in [-0.25, -0.2) is 18.7 Å². The smallest absolute Gasteiger partial charge is 0.872 e. The molecule has 0 saturated carbocycles. The van der Waals surface area contributed by atoms with E-state index in [1.807, 2.05) is 26.8 Å². The fourth-order valence-electron chi connectivity index (χ4n) is 9.92. The number of allylic oxidation sites excluding steroid dienone is 2. The van der Waals surface area contributed by atoms with Crippen LogP contribution in [-0.4, -0.2) is 175 Å². The van der Waals surface area contributed by atoms with Crippen molar-refractivity contribution in [3.8, 4) is 28.2 Å². The van der Waals surface area contributed by atoms with Crippen molar-refractivity contribution in [2.45, 2.75) is 174 Å². The molecule has 3 aliphatic rings. The van der Waals surface area contributed by atoms with E-state index in [4.69, 9.17) is 22.9 Å². The fourth-order valence-corrected chi connectivity index (χ4v) is 12.1. The molecule has 0 radical (unpaired) electrons. The second-order valence-electron chi connectivity index (χ2n) is 23.1. The number of aliphatic carboxylic acids is 2. The van der Waals surface area contributed by atoms with E-state index in [9.17, 15) is 97.8 Å². The summed E-state index contributed by atoms with van der Waals surface area (Å²) in [6.45, 7) is 9.94. The van der Waals surface area contributed by atoms with E-state index < -0.39 is 167 Å². The number of nitrogens with zero attached hydrogens (tertiary/aromatic N) is 1. The maximum atomic E-state index is 13.8. The van der Waals surface area contributed by atoms with E-state index in [0.29, 0.717) is 28.6 Å². The first kappa shape index (κ1) is 86.0. The molecule has 1 fully saturated rings. The van der Waals surface area contributed by atoms with Crippen molar-refractivity contribution >= 4 is 85.6 Å². The number of nitrogens with one attached hydrogen (secondary N) is 6. The van der Waals surface area contributed by atoms with Crippen LogP contribution >= 0.6 is 15.6 Å². The number of hydrogen-bond donors (Lipinski definition) is 13. The molecule has 0 aromatic heterocycles. The molecule has 98 heavy (non-hydrogen) atoms. The number of carboxylic acids is 3. The van der Waals surface area contributed by atoms with Crippen LogP contribution in [0.4, 0.5) is 5.69 Å². The number of aliphatic hydroxyl groups excluding tert-OH is 2. The zero-order valence-electron chi connectivity index (χ0n) is 55.7. The number of ether oxygens (including phenoxy) is 2. The number of aliphatic imine (C=N–C) groups is 1. The molecule has 0 bridgehead atoms. The molecular formula is C61H81N7Na2O26P2. The van der Waals surface area contributed by atoms with Gasteiger partial charge in [-0.2, -0.15) is 4.31 Å². The van der Waals surface area contributed by atoms with Crippen molar-refractivity contribution in [2.24, 2.45) is 10.9 Å². The topological polar surface area (TPSA) is 519 Å². The number of carbonyl (C=O) groups is 8. The third kappa shape index (κ3) is 26.1. The largest absolute Gasteiger partial charge is 1.00 e. The minimum Gasteiger partial charge on any atom is -0.872 e. The number of hydrogen-bond acceptors (Lipinski definition) is 23. The Labute approximate surface area is 607 Å². The van der Waals surface area contributed by atoms with E-state index >= 15 is 0 Å². The minimum absolute atomic E-state index is 0. The monoisotopic (exact) mass is 1440 g/mol. The molecule has 2 aromatic rings. The van der Waals surface area contributed by atoms with E-state index in [2.05, 4.69) is 41.2 Å². The summed E-state index contributed by atoms with van der Waals surface area (Å²) in [5, 5.41) is 91.1. The molecule has 5 rings (SSSR count). The van der Waals surface area contributed by atoms with Crippen LogP contribution in [0.3, 0.4) is 0 Å². The molecule has 13 N–H and O–H groups in total. The average Bonchev–Trinajstić information content (AvgIpc) is 0.748. The van der Waals surface area contributed by atoms with E-state index in [1.165, 1.54) is 62.4 Å². The van der Waals surface area contributed by atoms with E-state index in [0.717, 1.165) is 32.8 Å². The van der Waals surface area contributed by atoms with Gasteiger partial charge in [0.1, 0.15) is 72.0 Å². The minimum atomic E-state index is -5.73. The summed E-state index contributed by atoms with van der Waals surface area (Å²) in [6.07, 6.45) is -7.02. The second-order valence-corrected chi connectivity index (χ2v) is 26.1. The Kier molecular flexibility index (Phi) is 34.9. The Hall–Kier alpha value is -6.20. The molecule has 2 aromatic carbocycles. The van der Waals surface area contributed by atoms with Crippen molar-refractivity contribution in [1.29, 1.82) is 0 Å². The molecule has 1 saturated heterocycles. The number of unbranched alkanes of at least 4 members (excludes halogenated alkanes) is 1. The van der Waals surface area contributed by atoms with Crippen LogP contribution in [0.5, 0.6) is 5.75 Å². The summed E-state index contributed by atoms with van der Waals surface area (Å²) in [6, 6.07) is 2.85. The predicted molar refractivity (Wildman–Crippen MR) is 338 cm³/mol. The summed E-state index contributed by atoms with van der Waals surface area (Å²) in [5.41, 5.74) is 1.80. The maximum absolute atomic E-state index is 13.8. The van der Waals surface area contributed by atoms with Gasteiger partial charge in [-0.3, -0.25) is 47.6 Å². The number of phosphoric ester groups is 2. The Morgan fingerprint density at radius 3 is 2.02 bits per heavy atom. The van der Waals surface area contributed by atoms with Gasteiger partial charge in [0.05, 0.1) is 18.8 Å². The van der Waals surface area contributed by atoms with Crippen LogP contribution < -0.4 is 107 Å². The predicted octanol–water partition coefficient (Wildman–Crippen LogP) is -3.62. The Morgan fingerprint density at radius 1 is 0.745 bits per heavy atom. The van der Waals surface area contributed by atoms with Gasteiger partial charge in [0.2, 0.25) is 29.5 Å². The summed E-state index contributed by atoms with van der Waals surface area (Å²) in [4.78, 5) is 141. The molecule has 2 aliphatic heterocycles. The first-order valence-corrected chi connectivity index (χ1v) is 33.4. The zero-order valence-corrected chi connectivity index (χ0v) is 61.5. The van der Waals surface area contributed by atoms with Gasteiger partial charge in [0.25, 0.3) is 0 Å². The van der Waals surface area contributed by atoms with Crippen molar-refractivity contribution in [3.05, 3.63) is 82.0 Å². The zero-order chi connectivity index (χ0) is 71.5. The average molecular weight is 1440 g/mol. The maximum Gasteiger partial charge on any atom is 1.00 e. The van der Waals surface area contributed by atoms with Crippen LogP contribution in [0.1, 0.15) is 117 Å². The second kappa shape index (κ2) is 39.7. The standard InChI is InChI=1S/C61H83N7O26P2.2Na/c1-30(2)13-11-14-31(3)24-26-89-95(85,86)94-96(87,88)93-61-51(66-36(8)70)53(52(74)47(29-69)92-61)90-35(7)56(77)63-33(5)55(76)68-44(60(83)84)22-23-48(73)67-43(57(78)64-32(4)54(75)65-34(6)58(79)80)16-9-10-25-62-42-17-12-15-41(59(81)82)50(42)49-39-20-18-37(71)27-45(39)91-46-28-38(72)19-21-40(46)49;;/h12-13,15,17-21,27-28,31-35,43-44,47,51-53,61-62,69,71,74H,9-11,14,16,22-26,29H2,1-8H3,(H,63,77)(H,64,78)(H,65,75)(H,66,70)(H,67,73)(H,68,76)(H,79,80)(H,81,82)(H,83,84)(H,85,86)(H,87,88);;/q;2*+1/p-2/t31?,32-,33-,34-,35?,43-,44-,47+,51+,52+,53+,61+;;/m0../s1. The van der Waals surface area contributed by atoms with Gasteiger partial charge in [-0.15, -0.1) is 5.75 Å². The quantitative estimate of drug-likeness (QED) is 0.00394. The third-order valence-electron chi connectivity index (χ3n) is 15.0. The van der Waals surface area contributed by atoms with Crippen LogP contribution in [0.2, 0.25) is 0 Å². The molecule has 2 heterocycles. The molecule has 1 aliphatic carbocycles. The van der Waals surface area contributed by atoms with Crippen molar-refractivity contribution in [1.82, 2.24) is 26.6 Å². The number of anilines is 1. The Bertz CT molecular complexity index is 3650. The first-order chi connectivity index (χ1) is 45.0. The van der Waals surface area contributed by atoms with Crippen LogP contribution in [0, 0.1) is 5.92 Å². The van der Waals surface area contributed by atoms with Gasteiger partial charge >= 0.3 is 92.7 Å². The third-order valence-corrected chi connectivity index (χ3v) is 17.6. The molecular weight excluding hydrogens is 1350 g/mol. The van der Waals surface area contributed by atoms with Crippen LogP contribution in [0.25, 0.3) is 33.4 Å². The number of aromatic carboxylic acids is 1. The van der Waals surface area contributed by atoms with Crippen LogP contribution in [0.15, 0.2) is 80.5 Å². The Balaban J connectivity index is 0.0000125. The van der Waals surface area contributed by atoms with Crippen molar-refractivity contribution < 1.29 is 179 Å². The number of carboxylic acid groups (broad SMARTS) is 3. The summed E-state index contributed by atoms with van der Waals surface area (Å²) >= 11 is 0. The molecule has 37 heteroatoms. The normalized spacial score (nSPS) is 19.5. The molecule has 4 unspecified atom stereocenters. The Morgan fingerprint density at radius 2 is 1.40 bits per heavy atom. The summed E-state index contributed by atoms with van der Waals surface area (Å²) < 4.78 is 57.4. The number of aliphatic hydroxyl groups is 2. The van der Waals surface area contributed by atoms with Crippen molar-refractivity contribution in [3.63, 3.8) is 0 Å². The van der Waals surface area contributed by atoms with Gasteiger partial charge in [0.15, 0.2) is 11.7 Å². The molecule has 5 amide bonds. The van der Waals surface area contributed by atoms with E-state index in [1.54, 1.807) is 6.07 Å². The van der Waals surface area contributed by atoms with Crippen LogP contribution in [-0.2, 0) is 65.5 Å². The van der Waals surface area contributed by atoms with Gasteiger partial charge in [-0.1, -0.05) is 36.8 Å². The molecule has 0 spiro atoms. The molecule has 14 atom stereocenters. The SMILES string of the molecule is CC(C)=CCCC(C)CCOP(=O)(O)OP(=O)(O)O[C@H]1O[C@H](CO)[C@@H](O)[C@H](OC(C)C(=O)N[C@@H](C)C(=O)N[C@@H](CCC(=O)N[C@@H](CCCCNc2cccc(C(=O)O)c2-c2c3ccc(=O)cc-3oc3cc([O-])ccc23)C(=O)N[C@@H](C)C(=O)N[C@@H](C)C(=O)O)C(=O)O)[C@H]1N=C(C)[O-].[Na+].[Na+]. The number of fused-ring (bicyclic) bond motifs is 2. The van der Waals surface area contributed by atoms with Gasteiger partial charge in [-0.05, 0) is 136 Å². The molecule has 33 nitrogen and oxygen atoms in total. The molecule has 528 valence electrons. The first-order valence-electron chi connectivity index (χ1n) is 30.4. The number of phosphoric acid groups is 2. The summed E-state index contributed by atoms with van der Waals surface area (Å²) in [7, 11) is -11.1.